The van der Waals surface area contributed by atoms with E-state index < -0.39 is 0 Å². The summed E-state index contributed by atoms with van der Waals surface area (Å²) in [5, 5.41) is 3.02. The number of carbonyl (C=O) groups excluding carboxylic acids is 2. The van der Waals surface area contributed by atoms with Crippen molar-refractivity contribution in [2.75, 3.05) is 13.7 Å². The van der Waals surface area contributed by atoms with E-state index in [0.29, 0.717) is 0 Å². The lowest BCUT2D eigenvalue weighted by Crippen LogP contribution is -2.56. The molecule has 116 valence electrons. The smallest absolute Gasteiger partial charge is 0.323 e. The fraction of sp³-hybridized carbons (Fsp3) is 0.867. The largest absolute Gasteiger partial charge is 0.468 e. The van der Waals surface area contributed by atoms with Crippen LogP contribution in [-0.4, -0.2) is 48.1 Å². The molecule has 1 rings (SSSR count). The summed E-state index contributed by atoms with van der Waals surface area (Å²) in [6.45, 7) is 10.7. The molecule has 0 aliphatic carbocycles. The molecule has 1 fully saturated rings. The number of methoxy groups -OCH3 is 1. The molecule has 0 spiro atoms. The standard InChI is InChI=1S/C15H28N2O3/c1-10(2)12(13(18)16-15(3,4)5)17-9-7-8-11(17)14(19)20-6/h10-12H,7-9H2,1-6H3,(H,16,18). The van der Waals surface area contributed by atoms with Crippen LogP contribution in [0.3, 0.4) is 0 Å². The van der Waals surface area contributed by atoms with Crippen molar-refractivity contribution in [1.29, 1.82) is 0 Å². The summed E-state index contributed by atoms with van der Waals surface area (Å²) in [6.07, 6.45) is 1.68. The highest BCUT2D eigenvalue weighted by atomic mass is 16.5. The Balaban J connectivity index is 2.90. The first-order valence-corrected chi connectivity index (χ1v) is 7.33. The summed E-state index contributed by atoms with van der Waals surface area (Å²) >= 11 is 0. The van der Waals surface area contributed by atoms with E-state index in [1.807, 2.05) is 39.5 Å². The molecule has 5 nitrogen and oxygen atoms in total. The van der Waals surface area contributed by atoms with Crippen LogP contribution in [-0.2, 0) is 14.3 Å². The first-order chi connectivity index (χ1) is 9.17. The van der Waals surface area contributed by atoms with Gasteiger partial charge in [-0.1, -0.05) is 13.8 Å². The summed E-state index contributed by atoms with van der Waals surface area (Å²) in [7, 11) is 1.40. The van der Waals surface area contributed by atoms with Crippen LogP contribution in [0.4, 0.5) is 0 Å². The molecule has 0 aromatic carbocycles. The van der Waals surface area contributed by atoms with Gasteiger partial charge >= 0.3 is 5.97 Å². The molecule has 0 aromatic rings. The molecular formula is C15H28N2O3. The fourth-order valence-corrected chi connectivity index (χ4v) is 2.79. The Morgan fingerprint density at radius 2 is 1.90 bits per heavy atom. The van der Waals surface area contributed by atoms with Crippen LogP contribution < -0.4 is 5.32 Å². The Morgan fingerprint density at radius 3 is 2.35 bits per heavy atom. The van der Waals surface area contributed by atoms with Gasteiger partial charge in [-0.05, 0) is 46.1 Å². The van der Waals surface area contributed by atoms with Gasteiger partial charge in [-0.15, -0.1) is 0 Å². The van der Waals surface area contributed by atoms with E-state index in [1.54, 1.807) is 0 Å². The van der Waals surface area contributed by atoms with E-state index in [9.17, 15) is 9.59 Å². The molecule has 0 saturated carbocycles. The third kappa shape index (κ3) is 4.20. The summed E-state index contributed by atoms with van der Waals surface area (Å²) in [4.78, 5) is 26.4. The SMILES string of the molecule is COC(=O)C1CCCN1C(C(=O)NC(C)(C)C)C(C)C. The molecule has 1 heterocycles. The molecule has 0 radical (unpaired) electrons. The van der Waals surface area contributed by atoms with E-state index in [0.717, 1.165) is 19.4 Å². The molecule has 5 heteroatoms. The van der Waals surface area contributed by atoms with Gasteiger partial charge in [-0.25, -0.2) is 0 Å². The van der Waals surface area contributed by atoms with Crippen LogP contribution in [0.2, 0.25) is 0 Å². The number of amides is 1. The van der Waals surface area contributed by atoms with Crippen molar-refractivity contribution >= 4 is 11.9 Å². The minimum absolute atomic E-state index is 0.0108. The van der Waals surface area contributed by atoms with Crippen LogP contribution >= 0.6 is 0 Å². The zero-order chi connectivity index (χ0) is 15.5. The van der Waals surface area contributed by atoms with Crippen molar-refractivity contribution in [2.45, 2.75) is 65.1 Å². The molecule has 2 atom stereocenters. The van der Waals surface area contributed by atoms with Crippen molar-refractivity contribution < 1.29 is 14.3 Å². The van der Waals surface area contributed by atoms with E-state index >= 15 is 0 Å². The third-order valence-electron chi connectivity index (χ3n) is 3.52. The van der Waals surface area contributed by atoms with Crippen molar-refractivity contribution in [3.8, 4) is 0 Å². The molecule has 1 aliphatic rings. The number of esters is 1. The first kappa shape index (κ1) is 17.0. The lowest BCUT2D eigenvalue weighted by Gasteiger charge is -2.35. The summed E-state index contributed by atoms with van der Waals surface area (Å²) in [6, 6.07) is -0.584. The van der Waals surface area contributed by atoms with Gasteiger partial charge in [0, 0.05) is 5.54 Å². The summed E-state index contributed by atoms with van der Waals surface area (Å²) < 4.78 is 4.86. The Kier molecular flexibility index (Phi) is 5.57. The van der Waals surface area contributed by atoms with Crippen molar-refractivity contribution in [2.24, 2.45) is 5.92 Å². The van der Waals surface area contributed by atoms with Crippen LogP contribution in [0.5, 0.6) is 0 Å². The van der Waals surface area contributed by atoms with Gasteiger partial charge < -0.3 is 10.1 Å². The highest BCUT2D eigenvalue weighted by Crippen LogP contribution is 2.25. The van der Waals surface area contributed by atoms with Crippen molar-refractivity contribution in [3.63, 3.8) is 0 Å². The van der Waals surface area contributed by atoms with Gasteiger partial charge in [0.2, 0.25) is 5.91 Å². The summed E-state index contributed by atoms with van der Waals surface area (Å²) in [5.74, 6) is -0.109. The van der Waals surface area contributed by atoms with Crippen LogP contribution in [0.15, 0.2) is 0 Å². The van der Waals surface area contributed by atoms with Crippen molar-refractivity contribution in [1.82, 2.24) is 10.2 Å². The topological polar surface area (TPSA) is 58.6 Å². The zero-order valence-corrected chi connectivity index (χ0v) is 13.5. The van der Waals surface area contributed by atoms with Crippen LogP contribution in [0.1, 0.15) is 47.5 Å². The maximum Gasteiger partial charge on any atom is 0.323 e. The average Bonchev–Trinajstić information content (AvgIpc) is 2.74. The average molecular weight is 284 g/mol. The summed E-state index contributed by atoms with van der Waals surface area (Å²) in [5.41, 5.74) is -0.273. The van der Waals surface area contributed by atoms with Gasteiger partial charge in [0.1, 0.15) is 6.04 Å². The molecule has 1 amide bonds. The number of likely N-dealkylation sites (tertiary alicyclic amines) is 1. The van der Waals surface area contributed by atoms with Gasteiger partial charge in [-0.2, -0.15) is 0 Å². The second-order valence-corrected chi connectivity index (χ2v) is 6.85. The van der Waals surface area contributed by atoms with E-state index in [1.165, 1.54) is 7.11 Å². The highest BCUT2D eigenvalue weighted by molar-refractivity contribution is 5.84. The normalized spacial score (nSPS) is 21.9. The van der Waals surface area contributed by atoms with Gasteiger partial charge in [0.15, 0.2) is 0 Å². The Hall–Kier alpha value is -1.10. The van der Waals surface area contributed by atoms with Gasteiger partial charge in [0.25, 0.3) is 0 Å². The lowest BCUT2D eigenvalue weighted by atomic mass is 9.98. The molecule has 1 saturated heterocycles. The monoisotopic (exact) mass is 284 g/mol. The maximum absolute atomic E-state index is 12.5. The van der Waals surface area contributed by atoms with E-state index in [2.05, 4.69) is 5.32 Å². The molecule has 1 aliphatic heterocycles. The zero-order valence-electron chi connectivity index (χ0n) is 13.5. The predicted octanol–water partition coefficient (Wildman–Crippen LogP) is 1.56. The van der Waals surface area contributed by atoms with Crippen LogP contribution in [0, 0.1) is 5.92 Å². The molecule has 0 aromatic heterocycles. The minimum Gasteiger partial charge on any atom is -0.468 e. The number of rotatable bonds is 4. The number of nitrogens with zero attached hydrogens (tertiary/aromatic N) is 1. The fourth-order valence-electron chi connectivity index (χ4n) is 2.79. The van der Waals surface area contributed by atoms with Crippen molar-refractivity contribution in [3.05, 3.63) is 0 Å². The first-order valence-electron chi connectivity index (χ1n) is 7.33. The quantitative estimate of drug-likeness (QED) is 0.796. The maximum atomic E-state index is 12.5. The van der Waals surface area contributed by atoms with E-state index in [-0.39, 0.29) is 35.4 Å². The minimum atomic E-state index is -0.293. The molecule has 0 bridgehead atoms. The number of ether oxygens (including phenoxy) is 1. The second-order valence-electron chi connectivity index (χ2n) is 6.85. The Bertz CT molecular complexity index is 361. The molecule has 20 heavy (non-hydrogen) atoms. The number of hydrogen-bond donors (Lipinski definition) is 1. The molecule has 1 N–H and O–H groups in total. The molecular weight excluding hydrogens is 256 g/mol. The van der Waals surface area contributed by atoms with Gasteiger partial charge in [0.05, 0.1) is 13.2 Å². The lowest BCUT2D eigenvalue weighted by molar-refractivity contribution is -0.148. The van der Waals surface area contributed by atoms with E-state index in [4.69, 9.17) is 4.74 Å². The molecule has 2 unspecified atom stereocenters. The third-order valence-corrected chi connectivity index (χ3v) is 3.52. The highest BCUT2D eigenvalue weighted by Gasteiger charge is 2.41. The van der Waals surface area contributed by atoms with Gasteiger partial charge in [-0.3, -0.25) is 14.5 Å². The number of carbonyl (C=O) groups is 2. The van der Waals surface area contributed by atoms with Crippen LogP contribution in [0.25, 0.3) is 0 Å². The predicted molar refractivity (Wildman–Crippen MR) is 78.3 cm³/mol. The second kappa shape index (κ2) is 6.57. The Labute approximate surface area is 122 Å². The Morgan fingerprint density at radius 1 is 1.30 bits per heavy atom. The number of hydrogen-bond acceptors (Lipinski definition) is 4. The number of nitrogens with one attached hydrogen (secondary N) is 1.